The summed E-state index contributed by atoms with van der Waals surface area (Å²) in [5, 5.41) is 0. The molecule has 0 aliphatic heterocycles. The van der Waals surface area contributed by atoms with Gasteiger partial charge in [-0.25, -0.2) is 0 Å². The van der Waals surface area contributed by atoms with Gasteiger partial charge in [-0.1, -0.05) is 261 Å². The lowest BCUT2D eigenvalue weighted by atomic mass is 10.0. The van der Waals surface area contributed by atoms with Crippen LogP contribution >= 0.6 is 0 Å². The summed E-state index contributed by atoms with van der Waals surface area (Å²) in [7, 11) is 0. The average molecular weight is 952 g/mol. The van der Waals surface area contributed by atoms with Crippen LogP contribution in [0.25, 0.3) is 0 Å². The second kappa shape index (κ2) is 58.9. The Hall–Kier alpha value is -2.40. The van der Waals surface area contributed by atoms with Crippen LogP contribution in [0.2, 0.25) is 0 Å². The Labute approximate surface area is 424 Å². The molecular weight excluding hydrogens is 837 g/mol. The topological polar surface area (TPSA) is 61.8 Å². The van der Waals surface area contributed by atoms with E-state index >= 15 is 0 Å². The van der Waals surface area contributed by atoms with Gasteiger partial charge >= 0.3 is 11.9 Å². The second-order valence-electron chi connectivity index (χ2n) is 19.9. The molecule has 396 valence electrons. The molecule has 0 unspecified atom stereocenters. The first-order valence-electron chi connectivity index (χ1n) is 29.8. The highest BCUT2D eigenvalue weighted by Crippen LogP contribution is 2.16. The molecule has 0 aromatic carbocycles. The van der Waals surface area contributed by atoms with Gasteiger partial charge in [-0.2, -0.15) is 0 Å². The van der Waals surface area contributed by atoms with Crippen LogP contribution in [0, 0.1) is 0 Å². The van der Waals surface area contributed by atoms with Crippen LogP contribution in [0.4, 0.5) is 0 Å². The molecule has 0 radical (unpaired) electrons. The second-order valence-corrected chi connectivity index (χ2v) is 19.9. The van der Waals surface area contributed by atoms with Gasteiger partial charge in [0.25, 0.3) is 0 Å². The van der Waals surface area contributed by atoms with Gasteiger partial charge in [0.05, 0.1) is 6.61 Å². The Morgan fingerprint density at radius 2 is 0.618 bits per heavy atom. The van der Waals surface area contributed by atoms with Crippen molar-refractivity contribution < 1.29 is 23.8 Å². The van der Waals surface area contributed by atoms with Gasteiger partial charge in [0.1, 0.15) is 6.61 Å². The van der Waals surface area contributed by atoms with E-state index in [1.807, 2.05) is 0 Å². The summed E-state index contributed by atoms with van der Waals surface area (Å²) in [6.07, 6.45) is 75.2. The monoisotopic (exact) mass is 951 g/mol. The summed E-state index contributed by atoms with van der Waals surface area (Å²) in [6.45, 7) is 7.80. The van der Waals surface area contributed by atoms with Crippen molar-refractivity contribution in [1.29, 1.82) is 0 Å². The number of carbonyl (C=O) groups is 2. The summed E-state index contributed by atoms with van der Waals surface area (Å²) >= 11 is 0. The van der Waals surface area contributed by atoms with Gasteiger partial charge in [0, 0.05) is 19.4 Å². The summed E-state index contributed by atoms with van der Waals surface area (Å²) in [4.78, 5) is 25.5. The molecule has 0 saturated heterocycles. The van der Waals surface area contributed by atoms with Crippen molar-refractivity contribution >= 4 is 11.9 Å². The molecule has 0 aromatic rings. The molecule has 0 aliphatic rings. The maximum absolute atomic E-state index is 12.9. The lowest BCUT2D eigenvalue weighted by Gasteiger charge is -2.18. The van der Waals surface area contributed by atoms with Gasteiger partial charge in [0.15, 0.2) is 6.10 Å². The van der Waals surface area contributed by atoms with E-state index in [1.54, 1.807) is 0 Å². The van der Waals surface area contributed by atoms with Gasteiger partial charge < -0.3 is 14.2 Å². The Kier molecular flexibility index (Phi) is 56.8. The molecule has 1 atom stereocenters. The molecule has 0 heterocycles. The van der Waals surface area contributed by atoms with E-state index in [9.17, 15) is 9.59 Å². The highest BCUT2D eigenvalue weighted by molar-refractivity contribution is 5.70. The van der Waals surface area contributed by atoms with Crippen LogP contribution in [0.5, 0.6) is 0 Å². The fraction of sp³-hybridized carbons (Fsp3) is 0.810. The summed E-state index contributed by atoms with van der Waals surface area (Å²) in [5.74, 6) is -0.413. The molecule has 5 heteroatoms. The predicted molar refractivity (Wildman–Crippen MR) is 298 cm³/mol. The third-order valence-corrected chi connectivity index (χ3v) is 13.0. The van der Waals surface area contributed by atoms with Gasteiger partial charge in [0.2, 0.25) is 0 Å². The number of unbranched alkanes of at least 4 members (excludes halogenated alkanes) is 34. The lowest BCUT2D eigenvalue weighted by molar-refractivity contribution is -0.163. The molecule has 0 aromatic heterocycles. The first-order valence-corrected chi connectivity index (χ1v) is 29.8. The Bertz CT molecular complexity index is 1170. The van der Waals surface area contributed by atoms with Crippen LogP contribution in [0.1, 0.15) is 303 Å². The largest absolute Gasteiger partial charge is 0.462 e. The Morgan fingerprint density at radius 3 is 1.01 bits per heavy atom. The molecule has 0 spiro atoms. The SMILES string of the molecule is CCCCC/C=C\C/C=C\C/C=C\CCCCCCC(=O)O[C@H](COCCCCCCCCCCCCCCCCCC)COC(=O)CCCCCCCCCCC/C=C\C/C=C\CCCCC. The van der Waals surface area contributed by atoms with Gasteiger partial charge in [-0.05, 0) is 89.9 Å². The average Bonchev–Trinajstić information content (AvgIpc) is 3.34. The maximum Gasteiger partial charge on any atom is 0.306 e. The fourth-order valence-electron chi connectivity index (χ4n) is 8.55. The molecule has 0 aliphatic carbocycles. The van der Waals surface area contributed by atoms with Crippen molar-refractivity contribution in [2.24, 2.45) is 0 Å². The molecule has 0 amide bonds. The molecule has 5 nitrogen and oxygen atoms in total. The zero-order valence-electron chi connectivity index (χ0n) is 45.6. The van der Waals surface area contributed by atoms with Crippen molar-refractivity contribution in [3.63, 3.8) is 0 Å². The van der Waals surface area contributed by atoms with Crippen molar-refractivity contribution in [1.82, 2.24) is 0 Å². The van der Waals surface area contributed by atoms with Crippen molar-refractivity contribution in [2.75, 3.05) is 19.8 Å². The minimum Gasteiger partial charge on any atom is -0.462 e. The lowest BCUT2D eigenvalue weighted by Crippen LogP contribution is -2.30. The standard InChI is InChI=1S/C63H114O5/c1-4-7-10-13-16-19-22-25-28-31-32-34-35-38-41-44-47-50-53-56-62(64)67-60-61(59-66-58-55-52-49-46-43-40-37-30-27-24-21-18-15-12-9-6-3)68-63(65)57-54-51-48-45-42-39-36-33-29-26-23-20-17-14-11-8-5-2/h16-17,19-20,25-26,28-29,36,39,61H,4-15,18,21-24,27,30-35,37-38,40-60H2,1-3H3/b19-16-,20-17-,28-25-,29-26-,39-36-/t61-/m1/s1. The highest BCUT2D eigenvalue weighted by Gasteiger charge is 2.17. The molecule has 0 fully saturated rings. The van der Waals surface area contributed by atoms with Crippen LogP contribution < -0.4 is 0 Å². The van der Waals surface area contributed by atoms with Crippen LogP contribution in [0.3, 0.4) is 0 Å². The van der Waals surface area contributed by atoms with E-state index in [2.05, 4.69) is 81.5 Å². The molecule has 0 bridgehead atoms. The van der Waals surface area contributed by atoms with Crippen LogP contribution in [-0.2, 0) is 23.8 Å². The fourth-order valence-corrected chi connectivity index (χ4v) is 8.55. The number of hydrogen-bond acceptors (Lipinski definition) is 5. The third kappa shape index (κ3) is 56.2. The molecular formula is C63H114O5. The molecule has 0 saturated carbocycles. The first-order chi connectivity index (χ1) is 33.6. The van der Waals surface area contributed by atoms with Gasteiger partial charge in [-0.3, -0.25) is 9.59 Å². The van der Waals surface area contributed by atoms with E-state index in [4.69, 9.17) is 14.2 Å². The van der Waals surface area contributed by atoms with Crippen molar-refractivity contribution in [2.45, 2.75) is 309 Å². The minimum atomic E-state index is -0.549. The number of allylic oxidation sites excluding steroid dienone is 10. The van der Waals surface area contributed by atoms with Crippen molar-refractivity contribution in [3.05, 3.63) is 60.8 Å². The van der Waals surface area contributed by atoms with Crippen LogP contribution in [0.15, 0.2) is 60.8 Å². The van der Waals surface area contributed by atoms with E-state index in [1.165, 1.54) is 193 Å². The minimum absolute atomic E-state index is 0.0762. The molecule has 0 rings (SSSR count). The van der Waals surface area contributed by atoms with E-state index in [-0.39, 0.29) is 25.2 Å². The van der Waals surface area contributed by atoms with E-state index in [0.717, 1.165) is 77.0 Å². The first kappa shape index (κ1) is 65.6. The predicted octanol–water partition coefficient (Wildman–Crippen LogP) is 20.5. The number of ether oxygens (including phenoxy) is 3. The van der Waals surface area contributed by atoms with E-state index < -0.39 is 6.10 Å². The van der Waals surface area contributed by atoms with Gasteiger partial charge in [-0.15, -0.1) is 0 Å². The van der Waals surface area contributed by atoms with Crippen molar-refractivity contribution in [3.8, 4) is 0 Å². The number of esters is 2. The summed E-state index contributed by atoms with van der Waals surface area (Å²) in [6, 6.07) is 0. The molecule has 68 heavy (non-hydrogen) atoms. The zero-order valence-corrected chi connectivity index (χ0v) is 45.6. The maximum atomic E-state index is 12.9. The normalized spacial score (nSPS) is 12.6. The highest BCUT2D eigenvalue weighted by atomic mass is 16.6. The number of rotatable bonds is 55. The molecule has 0 N–H and O–H groups in total. The number of hydrogen-bond donors (Lipinski definition) is 0. The summed E-state index contributed by atoms with van der Waals surface area (Å²) < 4.78 is 17.5. The Balaban J connectivity index is 4.29. The number of carbonyl (C=O) groups excluding carboxylic acids is 2. The smallest absolute Gasteiger partial charge is 0.306 e. The summed E-state index contributed by atoms with van der Waals surface area (Å²) in [5.41, 5.74) is 0. The quantitative estimate of drug-likeness (QED) is 0.0345. The van der Waals surface area contributed by atoms with Crippen LogP contribution in [-0.4, -0.2) is 37.9 Å². The zero-order chi connectivity index (χ0) is 49.2. The van der Waals surface area contributed by atoms with E-state index in [0.29, 0.717) is 19.4 Å². The third-order valence-electron chi connectivity index (χ3n) is 13.0. The Morgan fingerprint density at radius 1 is 0.324 bits per heavy atom.